The van der Waals surface area contributed by atoms with Crippen LogP contribution in [0.2, 0.25) is 0 Å². The minimum Gasteiger partial charge on any atom is -0.313 e. The molecule has 3 aromatic carbocycles. The predicted molar refractivity (Wildman–Crippen MR) is 132 cm³/mol. The highest BCUT2D eigenvalue weighted by Gasteiger charge is 2.32. The highest BCUT2D eigenvalue weighted by molar-refractivity contribution is 9.10. The number of nitrogens with zero attached hydrogens (tertiary/aromatic N) is 1. The monoisotopic (exact) mass is 547 g/mol. The summed E-state index contributed by atoms with van der Waals surface area (Å²) in [6, 6.07) is 17.0. The molecule has 1 saturated heterocycles. The lowest BCUT2D eigenvalue weighted by Crippen LogP contribution is -2.31. The minimum atomic E-state index is -4.02. The number of anilines is 1. The number of carbonyl (C=O) groups excluding carboxylic acids is 1. The second-order valence-electron chi connectivity index (χ2n) is 7.42. The third kappa shape index (κ3) is 4.97. The molecule has 1 atom stereocenters. The van der Waals surface area contributed by atoms with E-state index in [0.29, 0.717) is 17.2 Å². The van der Waals surface area contributed by atoms with Crippen LogP contribution in [0.5, 0.6) is 0 Å². The van der Waals surface area contributed by atoms with Crippen LogP contribution >= 0.6 is 27.7 Å². The molecular weight excluding hydrogens is 529 g/mol. The number of hydrogen-bond donors (Lipinski definition) is 2. The molecule has 3 aromatic rings. The van der Waals surface area contributed by atoms with E-state index in [-0.39, 0.29) is 21.7 Å². The summed E-state index contributed by atoms with van der Waals surface area (Å²) < 4.78 is 41.3. The van der Waals surface area contributed by atoms with Crippen LogP contribution in [0.1, 0.15) is 26.9 Å². The normalized spacial score (nSPS) is 16.2. The lowest BCUT2D eigenvalue weighted by atomic mass is 10.1. The Labute approximate surface area is 203 Å². The number of hydrogen-bond acceptors (Lipinski definition) is 5. The number of carbonyl (C=O) groups is 1. The van der Waals surface area contributed by atoms with Crippen molar-refractivity contribution < 1.29 is 17.6 Å². The number of benzene rings is 3. The summed E-state index contributed by atoms with van der Waals surface area (Å²) >= 11 is 4.80. The van der Waals surface area contributed by atoms with Gasteiger partial charge in [0.2, 0.25) is 0 Å². The van der Waals surface area contributed by atoms with Crippen LogP contribution in [-0.2, 0) is 10.0 Å². The van der Waals surface area contributed by atoms with Gasteiger partial charge in [0.05, 0.1) is 10.6 Å². The third-order valence-corrected chi connectivity index (χ3v) is 8.24. The molecule has 33 heavy (non-hydrogen) atoms. The number of sulfonamides is 1. The summed E-state index contributed by atoms with van der Waals surface area (Å²) in [5, 5.41) is 8.20. The van der Waals surface area contributed by atoms with E-state index in [1.807, 2.05) is 4.90 Å². The van der Waals surface area contributed by atoms with Gasteiger partial charge in [0.25, 0.3) is 15.9 Å². The van der Waals surface area contributed by atoms with Gasteiger partial charge in [-0.25, -0.2) is 17.5 Å². The van der Waals surface area contributed by atoms with Crippen LogP contribution < -0.4 is 9.62 Å². The molecule has 2 N–H and O–H groups in total. The molecule has 0 aliphatic carbocycles. The molecule has 1 aliphatic rings. The summed E-state index contributed by atoms with van der Waals surface area (Å²) in [6.07, 6.45) is 0. The standard InChI is InChI=1S/C23H19BrFN3O3S2/c1-14-12-16(22(29)27-33(30,31)19-9-5-17(24)6-10-19)4-11-20(14)28-21(26)13-32-23(28)15-2-7-18(25)8-3-15/h2-12,23,26H,13H2,1H3,(H,27,29). The molecule has 1 amide bonds. The lowest BCUT2D eigenvalue weighted by molar-refractivity contribution is 0.0981. The molecule has 1 aliphatic heterocycles. The van der Waals surface area contributed by atoms with Gasteiger partial charge >= 0.3 is 0 Å². The second-order valence-corrected chi connectivity index (χ2v) is 11.1. The van der Waals surface area contributed by atoms with Crippen molar-refractivity contribution >= 4 is 55.1 Å². The van der Waals surface area contributed by atoms with Crippen LogP contribution in [0.4, 0.5) is 10.1 Å². The number of halogens is 2. The first-order valence-electron chi connectivity index (χ1n) is 9.83. The Bertz CT molecular complexity index is 1330. The first-order chi connectivity index (χ1) is 15.7. The Morgan fingerprint density at radius 3 is 2.42 bits per heavy atom. The van der Waals surface area contributed by atoms with Crippen molar-refractivity contribution in [2.75, 3.05) is 10.7 Å². The van der Waals surface area contributed by atoms with Gasteiger partial charge in [-0.3, -0.25) is 10.2 Å². The predicted octanol–water partition coefficient (Wildman–Crippen LogP) is 5.24. The summed E-state index contributed by atoms with van der Waals surface area (Å²) in [7, 11) is -4.02. The van der Waals surface area contributed by atoms with Gasteiger partial charge in [0, 0.05) is 15.7 Å². The highest BCUT2D eigenvalue weighted by Crippen LogP contribution is 2.43. The van der Waals surface area contributed by atoms with Crippen LogP contribution in [0.3, 0.4) is 0 Å². The van der Waals surface area contributed by atoms with Gasteiger partial charge in [-0.05, 0) is 72.6 Å². The Hall–Kier alpha value is -2.69. The molecule has 0 saturated carbocycles. The molecule has 1 heterocycles. The van der Waals surface area contributed by atoms with Crippen molar-refractivity contribution in [3.8, 4) is 0 Å². The zero-order valence-electron chi connectivity index (χ0n) is 17.4. The zero-order chi connectivity index (χ0) is 23.8. The largest absolute Gasteiger partial charge is 0.313 e. The maximum absolute atomic E-state index is 13.4. The van der Waals surface area contributed by atoms with Crippen molar-refractivity contribution in [1.29, 1.82) is 5.41 Å². The van der Waals surface area contributed by atoms with Crippen LogP contribution in [0.15, 0.2) is 76.1 Å². The van der Waals surface area contributed by atoms with Gasteiger partial charge in [0.15, 0.2) is 0 Å². The van der Waals surface area contributed by atoms with Gasteiger partial charge in [-0.15, -0.1) is 11.8 Å². The van der Waals surface area contributed by atoms with E-state index in [9.17, 15) is 17.6 Å². The molecule has 4 rings (SSSR count). The van der Waals surface area contributed by atoms with Gasteiger partial charge in [-0.2, -0.15) is 0 Å². The number of thioether (sulfide) groups is 1. The lowest BCUT2D eigenvalue weighted by Gasteiger charge is -2.27. The van der Waals surface area contributed by atoms with E-state index in [2.05, 4.69) is 20.7 Å². The average Bonchev–Trinajstić information content (AvgIpc) is 3.15. The molecule has 6 nitrogen and oxygen atoms in total. The van der Waals surface area contributed by atoms with E-state index >= 15 is 0 Å². The molecular formula is C23H19BrFN3O3S2. The van der Waals surface area contributed by atoms with Crippen molar-refractivity contribution in [1.82, 2.24) is 4.72 Å². The van der Waals surface area contributed by atoms with Crippen molar-refractivity contribution in [2.45, 2.75) is 17.2 Å². The SMILES string of the molecule is Cc1cc(C(=O)NS(=O)(=O)c2ccc(Br)cc2)ccc1N1C(=N)CSC1c1ccc(F)cc1. The van der Waals surface area contributed by atoms with Crippen molar-refractivity contribution in [3.63, 3.8) is 0 Å². The van der Waals surface area contributed by atoms with Crippen LogP contribution in [0.25, 0.3) is 0 Å². The number of nitrogens with one attached hydrogen (secondary N) is 2. The number of amidine groups is 1. The Morgan fingerprint density at radius 1 is 1.12 bits per heavy atom. The molecule has 1 unspecified atom stereocenters. The molecule has 0 spiro atoms. The number of amides is 1. The fourth-order valence-corrected chi connectivity index (χ4v) is 5.94. The molecule has 0 radical (unpaired) electrons. The van der Waals surface area contributed by atoms with E-state index in [0.717, 1.165) is 15.7 Å². The Morgan fingerprint density at radius 2 is 1.79 bits per heavy atom. The first kappa shape index (κ1) is 23.5. The molecule has 170 valence electrons. The zero-order valence-corrected chi connectivity index (χ0v) is 20.6. The van der Waals surface area contributed by atoms with E-state index in [4.69, 9.17) is 5.41 Å². The summed E-state index contributed by atoms with van der Waals surface area (Å²) in [5.41, 5.74) is 2.49. The fourth-order valence-electron chi connectivity index (χ4n) is 3.51. The van der Waals surface area contributed by atoms with Crippen LogP contribution in [-0.4, -0.2) is 25.9 Å². The molecule has 0 aromatic heterocycles. The number of aryl methyl sites for hydroxylation is 1. The Kier molecular flexibility index (Phi) is 6.60. The van der Waals surface area contributed by atoms with Gasteiger partial charge in [0.1, 0.15) is 17.0 Å². The molecule has 1 fully saturated rings. The summed E-state index contributed by atoms with van der Waals surface area (Å²) in [6.45, 7) is 1.80. The highest BCUT2D eigenvalue weighted by atomic mass is 79.9. The molecule has 10 heteroatoms. The molecule has 0 bridgehead atoms. The third-order valence-electron chi connectivity index (χ3n) is 5.13. The van der Waals surface area contributed by atoms with Crippen molar-refractivity contribution in [3.05, 3.63) is 93.7 Å². The average molecular weight is 548 g/mol. The second kappa shape index (κ2) is 9.28. The van der Waals surface area contributed by atoms with E-state index < -0.39 is 15.9 Å². The Balaban J connectivity index is 1.58. The van der Waals surface area contributed by atoms with Gasteiger partial charge < -0.3 is 4.90 Å². The van der Waals surface area contributed by atoms with Crippen molar-refractivity contribution in [2.24, 2.45) is 0 Å². The van der Waals surface area contributed by atoms with Gasteiger partial charge in [-0.1, -0.05) is 28.1 Å². The summed E-state index contributed by atoms with van der Waals surface area (Å²) in [4.78, 5) is 14.5. The topological polar surface area (TPSA) is 90.3 Å². The first-order valence-corrected chi connectivity index (χ1v) is 13.2. The maximum Gasteiger partial charge on any atom is 0.265 e. The summed E-state index contributed by atoms with van der Waals surface area (Å²) in [5.74, 6) is -0.177. The minimum absolute atomic E-state index is 0.0166. The quantitative estimate of drug-likeness (QED) is 0.455. The maximum atomic E-state index is 13.4. The number of rotatable bonds is 5. The van der Waals surface area contributed by atoms with E-state index in [1.165, 1.54) is 30.3 Å². The van der Waals surface area contributed by atoms with E-state index in [1.54, 1.807) is 55.1 Å². The smallest absolute Gasteiger partial charge is 0.265 e. The fraction of sp³-hybridized carbons (Fsp3) is 0.130. The van der Waals surface area contributed by atoms with Crippen LogP contribution in [0, 0.1) is 18.2 Å².